The molecule has 3 aromatic rings. The number of carbonyl (C=O) groups excluding carboxylic acids is 1. The van der Waals surface area contributed by atoms with Crippen LogP contribution in [0.1, 0.15) is 20.3 Å². The number of anilines is 1. The maximum atomic E-state index is 12.7. The van der Waals surface area contributed by atoms with Crippen LogP contribution in [-0.2, 0) is 9.53 Å². The number of hydrogen-bond acceptors (Lipinski definition) is 6. The van der Waals surface area contributed by atoms with Crippen LogP contribution >= 0.6 is 11.3 Å². The molecule has 134 valence electrons. The standard InChI is InChI=1S/C19H20N4O2S/c1-19(2)11-25-8-6-14(19)17(24)22-18-20-10-16(26-18)13-3-4-15-12(9-13)5-7-21-23-15/h3-5,7,9-10,14H,6,8,11H2,1-2H3,(H,20,22,24). The number of amides is 1. The molecule has 2 aromatic heterocycles. The van der Waals surface area contributed by atoms with Gasteiger partial charge in [-0.05, 0) is 35.6 Å². The Morgan fingerprint density at radius 1 is 1.35 bits per heavy atom. The highest BCUT2D eigenvalue weighted by molar-refractivity contribution is 7.19. The zero-order valence-electron chi connectivity index (χ0n) is 14.7. The Bertz CT molecular complexity index is 953. The molecule has 1 unspecified atom stereocenters. The van der Waals surface area contributed by atoms with Crippen LogP contribution in [0, 0.1) is 11.3 Å². The highest BCUT2D eigenvalue weighted by Gasteiger charge is 2.38. The molecule has 1 saturated heterocycles. The number of nitrogens with zero attached hydrogens (tertiary/aromatic N) is 3. The lowest BCUT2D eigenvalue weighted by atomic mass is 9.76. The lowest BCUT2D eigenvalue weighted by Gasteiger charge is -2.36. The van der Waals surface area contributed by atoms with Crippen LogP contribution in [0.2, 0.25) is 0 Å². The van der Waals surface area contributed by atoms with Crippen molar-refractivity contribution in [3.8, 4) is 10.4 Å². The highest BCUT2D eigenvalue weighted by atomic mass is 32.1. The molecule has 0 bridgehead atoms. The number of fused-ring (bicyclic) bond motifs is 1. The lowest BCUT2D eigenvalue weighted by molar-refractivity contribution is -0.130. The van der Waals surface area contributed by atoms with E-state index in [0.717, 1.165) is 27.8 Å². The van der Waals surface area contributed by atoms with Gasteiger partial charge in [0.1, 0.15) is 0 Å². The predicted molar refractivity (Wildman–Crippen MR) is 102 cm³/mol. The quantitative estimate of drug-likeness (QED) is 0.762. The smallest absolute Gasteiger partial charge is 0.229 e. The molecule has 1 atom stereocenters. The number of aromatic nitrogens is 3. The van der Waals surface area contributed by atoms with E-state index in [4.69, 9.17) is 4.74 Å². The van der Waals surface area contributed by atoms with E-state index in [1.807, 2.05) is 18.2 Å². The molecule has 0 radical (unpaired) electrons. The van der Waals surface area contributed by atoms with Crippen LogP contribution in [0.25, 0.3) is 21.3 Å². The van der Waals surface area contributed by atoms with Gasteiger partial charge in [0.05, 0.1) is 23.2 Å². The average molecular weight is 368 g/mol. The molecule has 26 heavy (non-hydrogen) atoms. The first kappa shape index (κ1) is 17.1. The number of nitrogens with one attached hydrogen (secondary N) is 1. The van der Waals surface area contributed by atoms with Gasteiger partial charge in [-0.1, -0.05) is 31.3 Å². The highest BCUT2D eigenvalue weighted by Crippen LogP contribution is 2.36. The SMILES string of the molecule is CC1(C)COCCC1C(=O)Nc1ncc(-c2ccc3nnccc3c2)s1. The van der Waals surface area contributed by atoms with E-state index in [0.29, 0.717) is 18.3 Å². The van der Waals surface area contributed by atoms with Crippen molar-refractivity contribution in [3.05, 3.63) is 36.7 Å². The van der Waals surface area contributed by atoms with Crippen molar-refractivity contribution >= 4 is 33.3 Å². The van der Waals surface area contributed by atoms with Crippen molar-refractivity contribution in [2.75, 3.05) is 18.5 Å². The third kappa shape index (κ3) is 3.32. The fourth-order valence-electron chi connectivity index (χ4n) is 3.31. The summed E-state index contributed by atoms with van der Waals surface area (Å²) >= 11 is 1.48. The van der Waals surface area contributed by atoms with Gasteiger partial charge in [-0.15, -0.1) is 0 Å². The molecular formula is C19H20N4O2S. The summed E-state index contributed by atoms with van der Waals surface area (Å²) in [4.78, 5) is 18.1. The maximum Gasteiger partial charge on any atom is 0.229 e. The van der Waals surface area contributed by atoms with Crippen LogP contribution < -0.4 is 5.32 Å². The van der Waals surface area contributed by atoms with Crippen LogP contribution in [-0.4, -0.2) is 34.3 Å². The summed E-state index contributed by atoms with van der Waals surface area (Å²) in [5.74, 6) is -0.0455. The summed E-state index contributed by atoms with van der Waals surface area (Å²) < 4.78 is 5.51. The Kier molecular flexibility index (Phi) is 4.42. The summed E-state index contributed by atoms with van der Waals surface area (Å²) in [5.41, 5.74) is 1.74. The Balaban J connectivity index is 1.53. The van der Waals surface area contributed by atoms with Gasteiger partial charge in [0.15, 0.2) is 5.13 Å². The second-order valence-corrected chi connectivity index (χ2v) is 8.24. The molecule has 7 heteroatoms. The minimum Gasteiger partial charge on any atom is -0.381 e. The van der Waals surface area contributed by atoms with E-state index < -0.39 is 0 Å². The van der Waals surface area contributed by atoms with E-state index in [1.165, 1.54) is 11.3 Å². The van der Waals surface area contributed by atoms with Crippen LogP contribution in [0.3, 0.4) is 0 Å². The molecule has 4 rings (SSSR count). The van der Waals surface area contributed by atoms with E-state index in [9.17, 15) is 4.79 Å². The van der Waals surface area contributed by atoms with E-state index in [-0.39, 0.29) is 17.2 Å². The number of hydrogen-bond donors (Lipinski definition) is 1. The van der Waals surface area contributed by atoms with Crippen LogP contribution in [0.4, 0.5) is 5.13 Å². The van der Waals surface area contributed by atoms with Gasteiger partial charge in [-0.25, -0.2) is 4.98 Å². The number of rotatable bonds is 3. The molecule has 1 amide bonds. The van der Waals surface area contributed by atoms with Gasteiger partial charge in [0.25, 0.3) is 0 Å². The number of thiazole rings is 1. The van der Waals surface area contributed by atoms with Gasteiger partial charge >= 0.3 is 0 Å². The molecule has 1 aliphatic rings. The minimum absolute atomic E-state index is 0.0213. The monoisotopic (exact) mass is 368 g/mol. The Hall–Kier alpha value is -2.38. The van der Waals surface area contributed by atoms with Gasteiger partial charge in [0.2, 0.25) is 5.91 Å². The van der Waals surface area contributed by atoms with Crippen LogP contribution in [0.15, 0.2) is 36.7 Å². The fraction of sp³-hybridized carbons (Fsp3) is 0.368. The summed E-state index contributed by atoms with van der Waals surface area (Å²) in [6, 6.07) is 7.94. The summed E-state index contributed by atoms with van der Waals surface area (Å²) in [6.07, 6.45) is 4.22. The van der Waals surface area contributed by atoms with E-state index in [2.05, 4.69) is 40.4 Å². The Morgan fingerprint density at radius 2 is 2.23 bits per heavy atom. The predicted octanol–water partition coefficient (Wildman–Crippen LogP) is 3.75. The maximum absolute atomic E-state index is 12.7. The van der Waals surface area contributed by atoms with Crippen molar-refractivity contribution < 1.29 is 9.53 Å². The Labute approximate surface area is 155 Å². The van der Waals surface area contributed by atoms with Crippen LogP contribution in [0.5, 0.6) is 0 Å². The van der Waals surface area contributed by atoms with Crippen molar-refractivity contribution in [1.29, 1.82) is 0 Å². The summed E-state index contributed by atoms with van der Waals surface area (Å²) in [5, 5.41) is 12.6. The zero-order chi connectivity index (χ0) is 18.1. The molecular weight excluding hydrogens is 348 g/mol. The van der Waals surface area contributed by atoms with Crippen molar-refractivity contribution in [2.45, 2.75) is 20.3 Å². The first-order chi connectivity index (χ1) is 12.5. The molecule has 1 aliphatic heterocycles. The molecule has 3 heterocycles. The number of benzene rings is 1. The average Bonchev–Trinajstić information content (AvgIpc) is 3.09. The van der Waals surface area contributed by atoms with Crippen molar-refractivity contribution in [2.24, 2.45) is 11.3 Å². The first-order valence-electron chi connectivity index (χ1n) is 8.59. The van der Waals surface area contributed by atoms with E-state index in [1.54, 1.807) is 12.4 Å². The van der Waals surface area contributed by atoms with Crippen molar-refractivity contribution in [1.82, 2.24) is 15.2 Å². The van der Waals surface area contributed by atoms with Crippen molar-refractivity contribution in [3.63, 3.8) is 0 Å². The third-order valence-corrected chi connectivity index (χ3v) is 5.78. The normalized spacial score (nSPS) is 19.4. The van der Waals surface area contributed by atoms with E-state index >= 15 is 0 Å². The summed E-state index contributed by atoms with van der Waals surface area (Å²) in [6.45, 7) is 5.38. The minimum atomic E-state index is -0.165. The van der Waals surface area contributed by atoms with Gasteiger partial charge in [-0.2, -0.15) is 10.2 Å². The largest absolute Gasteiger partial charge is 0.381 e. The molecule has 1 fully saturated rings. The molecule has 6 nitrogen and oxygen atoms in total. The lowest BCUT2D eigenvalue weighted by Crippen LogP contribution is -2.42. The number of ether oxygens (including phenoxy) is 1. The molecule has 0 saturated carbocycles. The molecule has 0 aliphatic carbocycles. The Morgan fingerprint density at radius 3 is 3.08 bits per heavy atom. The third-order valence-electron chi connectivity index (χ3n) is 4.82. The van der Waals surface area contributed by atoms with Gasteiger partial charge in [-0.3, -0.25) is 4.79 Å². The second kappa shape index (κ2) is 6.74. The molecule has 0 spiro atoms. The first-order valence-corrected chi connectivity index (χ1v) is 9.41. The second-order valence-electron chi connectivity index (χ2n) is 7.21. The van der Waals surface area contributed by atoms with Gasteiger partial charge < -0.3 is 10.1 Å². The molecule has 1 aromatic carbocycles. The summed E-state index contributed by atoms with van der Waals surface area (Å²) in [7, 11) is 0. The topological polar surface area (TPSA) is 77.0 Å². The fourth-order valence-corrected chi connectivity index (χ4v) is 4.13. The zero-order valence-corrected chi connectivity index (χ0v) is 15.5. The molecule has 1 N–H and O–H groups in total. The number of carbonyl (C=O) groups is 1. The van der Waals surface area contributed by atoms with Gasteiger partial charge in [0, 0.05) is 24.1 Å².